The van der Waals surface area contributed by atoms with Gasteiger partial charge in [-0.05, 0) is 25.7 Å². The summed E-state index contributed by atoms with van der Waals surface area (Å²) in [5.74, 6) is -1.88. The van der Waals surface area contributed by atoms with Gasteiger partial charge in [-0.2, -0.15) is 0 Å². The number of nitrogens with zero attached hydrogens (tertiary/aromatic N) is 2. The van der Waals surface area contributed by atoms with E-state index in [4.69, 9.17) is 9.84 Å². The van der Waals surface area contributed by atoms with Crippen LogP contribution in [-0.2, 0) is 14.3 Å². The van der Waals surface area contributed by atoms with Crippen molar-refractivity contribution in [1.29, 1.82) is 0 Å². The fourth-order valence-electron chi connectivity index (χ4n) is 3.06. The van der Waals surface area contributed by atoms with Crippen LogP contribution in [0.4, 0.5) is 4.79 Å². The Hall–Kier alpha value is -1.79. The average Bonchev–Trinajstić information content (AvgIpc) is 2.53. The molecule has 0 bridgehead atoms. The van der Waals surface area contributed by atoms with Gasteiger partial charge in [-0.15, -0.1) is 0 Å². The third-order valence-electron chi connectivity index (χ3n) is 4.27. The molecule has 2 atom stereocenters. The molecule has 2 heterocycles. The molecule has 0 radical (unpaired) electrons. The van der Waals surface area contributed by atoms with Crippen LogP contribution in [0, 0.1) is 11.8 Å². The van der Waals surface area contributed by atoms with Crippen molar-refractivity contribution in [2.24, 2.45) is 11.8 Å². The van der Waals surface area contributed by atoms with Gasteiger partial charge in [0.25, 0.3) is 0 Å². The Balaban J connectivity index is 1.95. The lowest BCUT2D eigenvalue weighted by atomic mass is 9.97. The van der Waals surface area contributed by atoms with E-state index < -0.39 is 11.9 Å². The predicted molar refractivity (Wildman–Crippen MR) is 73.6 cm³/mol. The van der Waals surface area contributed by atoms with Crippen LogP contribution in [-0.4, -0.2) is 66.2 Å². The van der Waals surface area contributed by atoms with Crippen molar-refractivity contribution in [3.8, 4) is 0 Å². The lowest BCUT2D eigenvalue weighted by molar-refractivity contribution is -0.146. The van der Waals surface area contributed by atoms with E-state index in [0.29, 0.717) is 32.5 Å². The molecule has 2 saturated heterocycles. The molecule has 0 aromatic carbocycles. The number of methoxy groups -OCH3 is 1. The molecule has 7 nitrogen and oxygen atoms in total. The van der Waals surface area contributed by atoms with E-state index in [1.807, 2.05) is 0 Å². The molecule has 1 unspecified atom stereocenters. The number of carboxylic acids is 1. The van der Waals surface area contributed by atoms with Gasteiger partial charge in [-0.1, -0.05) is 0 Å². The zero-order valence-corrected chi connectivity index (χ0v) is 12.3. The molecule has 0 aliphatic carbocycles. The van der Waals surface area contributed by atoms with E-state index in [1.165, 1.54) is 7.11 Å². The quantitative estimate of drug-likeness (QED) is 0.762. The summed E-state index contributed by atoms with van der Waals surface area (Å²) in [5, 5.41) is 9.08. The second kappa shape index (κ2) is 6.78. The molecule has 0 spiro atoms. The van der Waals surface area contributed by atoms with Gasteiger partial charge in [0.05, 0.1) is 18.9 Å². The van der Waals surface area contributed by atoms with Gasteiger partial charge < -0.3 is 19.6 Å². The SMILES string of the molecule is COC(=O)C1CCCN(C(=O)N2CCC[C@@H](C(=O)O)C2)C1. The smallest absolute Gasteiger partial charge is 0.320 e. The number of amides is 2. The van der Waals surface area contributed by atoms with Crippen molar-refractivity contribution >= 4 is 18.0 Å². The molecule has 0 aromatic rings. The molecule has 1 N–H and O–H groups in total. The Labute approximate surface area is 123 Å². The standard InChI is InChI=1S/C14H22N2O5/c1-21-13(19)11-5-3-7-16(9-11)14(20)15-6-2-4-10(8-15)12(17)18/h10-11H,2-9H2,1H3,(H,17,18)/t10-,11?/m1/s1. The maximum atomic E-state index is 12.5. The fourth-order valence-corrected chi connectivity index (χ4v) is 3.06. The maximum absolute atomic E-state index is 12.5. The summed E-state index contributed by atoms with van der Waals surface area (Å²) in [4.78, 5) is 38.4. The van der Waals surface area contributed by atoms with Crippen molar-refractivity contribution in [2.75, 3.05) is 33.3 Å². The van der Waals surface area contributed by atoms with E-state index in [2.05, 4.69) is 0 Å². The molecule has 0 aromatic heterocycles. The normalized spacial score (nSPS) is 26.3. The van der Waals surface area contributed by atoms with Crippen LogP contribution in [0.2, 0.25) is 0 Å². The Morgan fingerprint density at radius 3 is 2.05 bits per heavy atom. The Kier molecular flexibility index (Phi) is 5.03. The highest BCUT2D eigenvalue weighted by atomic mass is 16.5. The van der Waals surface area contributed by atoms with Gasteiger partial charge in [0.15, 0.2) is 0 Å². The summed E-state index contributed by atoms with van der Waals surface area (Å²) in [6.07, 6.45) is 2.82. The highest BCUT2D eigenvalue weighted by Crippen LogP contribution is 2.22. The number of hydrogen-bond acceptors (Lipinski definition) is 4. The van der Waals surface area contributed by atoms with Crippen molar-refractivity contribution in [3.05, 3.63) is 0 Å². The third-order valence-corrected chi connectivity index (χ3v) is 4.27. The van der Waals surface area contributed by atoms with Crippen LogP contribution >= 0.6 is 0 Å². The highest BCUT2D eigenvalue weighted by Gasteiger charge is 2.34. The van der Waals surface area contributed by atoms with Crippen LogP contribution in [0.5, 0.6) is 0 Å². The summed E-state index contributed by atoms with van der Waals surface area (Å²) in [6.45, 7) is 1.82. The fraction of sp³-hybridized carbons (Fsp3) is 0.786. The first-order chi connectivity index (χ1) is 10.0. The van der Waals surface area contributed by atoms with Gasteiger partial charge in [-0.3, -0.25) is 9.59 Å². The predicted octanol–water partition coefficient (Wildman–Crippen LogP) is 0.788. The maximum Gasteiger partial charge on any atom is 0.320 e. The summed E-state index contributed by atoms with van der Waals surface area (Å²) in [5.41, 5.74) is 0. The van der Waals surface area contributed by atoms with Crippen LogP contribution in [0.15, 0.2) is 0 Å². The minimum atomic E-state index is -0.849. The lowest BCUT2D eigenvalue weighted by Crippen LogP contribution is -2.52. The molecular weight excluding hydrogens is 276 g/mol. The number of piperidine rings is 2. The molecule has 2 aliphatic heterocycles. The number of ether oxygens (including phenoxy) is 1. The number of aliphatic carboxylic acids is 1. The molecule has 2 rings (SSSR count). The molecular formula is C14H22N2O5. The molecule has 2 amide bonds. The van der Waals surface area contributed by atoms with Crippen LogP contribution < -0.4 is 0 Å². The minimum Gasteiger partial charge on any atom is -0.481 e. The summed E-state index contributed by atoms with van der Waals surface area (Å²) in [6, 6.07) is -0.158. The van der Waals surface area contributed by atoms with Crippen molar-refractivity contribution in [3.63, 3.8) is 0 Å². The highest BCUT2D eigenvalue weighted by molar-refractivity contribution is 5.78. The third kappa shape index (κ3) is 3.65. The van der Waals surface area contributed by atoms with Gasteiger partial charge >= 0.3 is 18.0 Å². The van der Waals surface area contributed by atoms with E-state index in [0.717, 1.165) is 12.8 Å². The Morgan fingerprint density at radius 2 is 1.52 bits per heavy atom. The van der Waals surface area contributed by atoms with Gasteiger partial charge in [0.2, 0.25) is 0 Å². The van der Waals surface area contributed by atoms with E-state index in [9.17, 15) is 14.4 Å². The number of hydrogen-bond donors (Lipinski definition) is 1. The molecule has 0 saturated carbocycles. The van der Waals surface area contributed by atoms with Crippen LogP contribution in [0.3, 0.4) is 0 Å². The monoisotopic (exact) mass is 298 g/mol. The zero-order chi connectivity index (χ0) is 15.4. The second-order valence-corrected chi connectivity index (χ2v) is 5.71. The summed E-state index contributed by atoms with van der Waals surface area (Å²) in [7, 11) is 1.35. The number of esters is 1. The van der Waals surface area contributed by atoms with E-state index >= 15 is 0 Å². The van der Waals surface area contributed by atoms with E-state index in [1.54, 1.807) is 9.80 Å². The molecule has 2 aliphatic rings. The van der Waals surface area contributed by atoms with Crippen molar-refractivity contribution in [1.82, 2.24) is 9.80 Å². The number of likely N-dealkylation sites (tertiary alicyclic amines) is 2. The first kappa shape index (κ1) is 15.6. The number of rotatable bonds is 2. The number of carbonyl (C=O) groups is 3. The molecule has 21 heavy (non-hydrogen) atoms. The summed E-state index contributed by atoms with van der Waals surface area (Å²) >= 11 is 0. The number of carbonyl (C=O) groups excluding carboxylic acids is 2. The number of carboxylic acid groups (broad SMARTS) is 1. The minimum absolute atomic E-state index is 0.158. The van der Waals surface area contributed by atoms with Crippen LogP contribution in [0.25, 0.3) is 0 Å². The first-order valence-corrected chi connectivity index (χ1v) is 7.37. The zero-order valence-electron chi connectivity index (χ0n) is 12.3. The molecule has 2 fully saturated rings. The second-order valence-electron chi connectivity index (χ2n) is 5.71. The molecule has 7 heteroatoms. The van der Waals surface area contributed by atoms with Gasteiger partial charge in [0, 0.05) is 26.2 Å². The number of urea groups is 1. The summed E-state index contributed by atoms with van der Waals surface area (Å²) < 4.78 is 4.74. The topological polar surface area (TPSA) is 87.2 Å². The lowest BCUT2D eigenvalue weighted by Gasteiger charge is -2.38. The average molecular weight is 298 g/mol. The Morgan fingerprint density at radius 1 is 1.00 bits per heavy atom. The van der Waals surface area contributed by atoms with Crippen LogP contribution in [0.1, 0.15) is 25.7 Å². The van der Waals surface area contributed by atoms with Crippen molar-refractivity contribution in [2.45, 2.75) is 25.7 Å². The van der Waals surface area contributed by atoms with E-state index in [-0.39, 0.29) is 24.5 Å². The van der Waals surface area contributed by atoms with Gasteiger partial charge in [0.1, 0.15) is 0 Å². The molecule has 118 valence electrons. The Bertz CT molecular complexity index is 426. The van der Waals surface area contributed by atoms with Gasteiger partial charge in [-0.25, -0.2) is 4.79 Å². The largest absolute Gasteiger partial charge is 0.481 e. The first-order valence-electron chi connectivity index (χ1n) is 7.37. The van der Waals surface area contributed by atoms with Crippen molar-refractivity contribution < 1.29 is 24.2 Å².